The predicted octanol–water partition coefficient (Wildman–Crippen LogP) is 4.70. The fourth-order valence-corrected chi connectivity index (χ4v) is 3.66. The van der Waals surface area contributed by atoms with Crippen molar-refractivity contribution in [3.05, 3.63) is 83.7 Å². The Labute approximate surface area is 138 Å². The first-order valence-corrected chi connectivity index (χ1v) is 8.26. The summed E-state index contributed by atoms with van der Waals surface area (Å²) in [6, 6.07) is 0. The zero-order chi connectivity index (χ0) is 16.4. The summed E-state index contributed by atoms with van der Waals surface area (Å²) in [5, 5.41) is 20.5. The largest absolute Gasteiger partial charge is 0.508 e. The van der Waals surface area contributed by atoms with Gasteiger partial charge in [-0.25, -0.2) is 0 Å². The second-order valence-corrected chi connectivity index (χ2v) is 6.58. The Hall–Kier alpha value is -2.06. The maximum absolute atomic E-state index is 11.0. The van der Waals surface area contributed by atoms with Crippen molar-refractivity contribution in [2.24, 2.45) is 11.8 Å². The van der Waals surface area contributed by atoms with Gasteiger partial charge < -0.3 is 10.2 Å². The Balaban J connectivity index is 1.87. The third-order valence-corrected chi connectivity index (χ3v) is 4.90. The van der Waals surface area contributed by atoms with Gasteiger partial charge in [-0.3, -0.25) is 0 Å². The second kappa shape index (κ2) is 6.59. The monoisotopic (exact) mass is 308 g/mol. The van der Waals surface area contributed by atoms with Crippen molar-refractivity contribution in [1.29, 1.82) is 0 Å². The molecule has 3 aliphatic carbocycles. The van der Waals surface area contributed by atoms with E-state index in [1.807, 2.05) is 12.2 Å². The van der Waals surface area contributed by atoms with Crippen molar-refractivity contribution < 1.29 is 10.2 Å². The number of allylic oxidation sites excluding steroid dienone is 8. The van der Waals surface area contributed by atoms with Crippen LogP contribution in [0.2, 0.25) is 0 Å². The lowest BCUT2D eigenvalue weighted by Crippen LogP contribution is -2.35. The first-order valence-electron chi connectivity index (χ1n) is 8.26. The van der Waals surface area contributed by atoms with E-state index in [1.165, 1.54) is 0 Å². The maximum Gasteiger partial charge on any atom is 0.111 e. The van der Waals surface area contributed by atoms with Gasteiger partial charge in [-0.05, 0) is 66.5 Å². The maximum atomic E-state index is 11.0. The molecule has 0 saturated heterocycles. The highest BCUT2D eigenvalue weighted by molar-refractivity contribution is 5.48. The van der Waals surface area contributed by atoms with Gasteiger partial charge in [0.1, 0.15) is 5.76 Å². The lowest BCUT2D eigenvalue weighted by molar-refractivity contribution is 0.129. The number of rotatable bonds is 2. The van der Waals surface area contributed by atoms with Crippen molar-refractivity contribution >= 4 is 0 Å². The Morgan fingerprint density at radius 3 is 2.61 bits per heavy atom. The zero-order valence-electron chi connectivity index (χ0n) is 13.4. The van der Waals surface area contributed by atoms with Crippen LogP contribution in [0.1, 0.15) is 25.7 Å². The molecule has 0 spiro atoms. The van der Waals surface area contributed by atoms with Crippen molar-refractivity contribution in [3.63, 3.8) is 0 Å². The van der Waals surface area contributed by atoms with Crippen LogP contribution in [0, 0.1) is 11.8 Å². The highest BCUT2D eigenvalue weighted by atomic mass is 16.3. The summed E-state index contributed by atoms with van der Waals surface area (Å²) >= 11 is 0. The van der Waals surface area contributed by atoms with Gasteiger partial charge in [0, 0.05) is 5.92 Å². The summed E-state index contributed by atoms with van der Waals surface area (Å²) in [4.78, 5) is 0. The second-order valence-electron chi connectivity index (χ2n) is 6.58. The molecule has 23 heavy (non-hydrogen) atoms. The number of hydrogen-bond donors (Lipinski definition) is 2. The molecular formula is C21H24O2. The molecule has 0 bridgehead atoms. The van der Waals surface area contributed by atoms with E-state index < -0.39 is 6.10 Å². The molecule has 0 heterocycles. The van der Waals surface area contributed by atoms with Crippen LogP contribution in [0.25, 0.3) is 0 Å². The van der Waals surface area contributed by atoms with Gasteiger partial charge in [-0.1, -0.05) is 43.0 Å². The standard InChI is InChI=1S/C21H24O2/c1-14-12-15(2)20(17-8-10-18(22)11-9-17)21(23)19(14)13-16-6-4-3-5-7-16/h4,6-8,10-11,13,17,20-23H,1-3,5,9,12H2/b19-13-. The number of aliphatic hydroxyl groups is 2. The van der Waals surface area contributed by atoms with Crippen molar-refractivity contribution in [1.82, 2.24) is 0 Å². The van der Waals surface area contributed by atoms with E-state index >= 15 is 0 Å². The molecule has 2 N–H and O–H groups in total. The minimum atomic E-state index is -0.594. The van der Waals surface area contributed by atoms with Crippen molar-refractivity contribution in [2.75, 3.05) is 0 Å². The van der Waals surface area contributed by atoms with Crippen LogP contribution in [0.5, 0.6) is 0 Å². The van der Waals surface area contributed by atoms with Gasteiger partial charge in [-0.2, -0.15) is 0 Å². The average molecular weight is 308 g/mol. The van der Waals surface area contributed by atoms with Gasteiger partial charge in [0.15, 0.2) is 0 Å². The molecule has 0 amide bonds. The van der Waals surface area contributed by atoms with Crippen LogP contribution in [0.15, 0.2) is 83.7 Å². The molecule has 3 unspecified atom stereocenters. The summed E-state index contributed by atoms with van der Waals surface area (Å²) in [5.74, 6) is 0.441. The van der Waals surface area contributed by atoms with E-state index in [2.05, 4.69) is 37.5 Å². The number of aliphatic hydroxyl groups excluding tert-OH is 2. The summed E-state index contributed by atoms with van der Waals surface area (Å²) < 4.78 is 0. The molecule has 0 aliphatic heterocycles. The van der Waals surface area contributed by atoms with Crippen LogP contribution >= 0.6 is 0 Å². The van der Waals surface area contributed by atoms with Crippen LogP contribution in [-0.2, 0) is 0 Å². The van der Waals surface area contributed by atoms with Gasteiger partial charge in [0.25, 0.3) is 0 Å². The van der Waals surface area contributed by atoms with Gasteiger partial charge in [-0.15, -0.1) is 0 Å². The normalized spacial score (nSPS) is 32.9. The fourth-order valence-electron chi connectivity index (χ4n) is 3.66. The zero-order valence-corrected chi connectivity index (χ0v) is 13.4. The van der Waals surface area contributed by atoms with Gasteiger partial charge in [0.05, 0.1) is 6.10 Å². The molecule has 0 aromatic heterocycles. The lowest BCUT2D eigenvalue weighted by Gasteiger charge is -2.38. The Morgan fingerprint density at radius 1 is 1.13 bits per heavy atom. The minimum Gasteiger partial charge on any atom is -0.508 e. The molecule has 1 saturated carbocycles. The lowest BCUT2D eigenvalue weighted by atomic mass is 9.69. The molecule has 0 radical (unpaired) electrons. The summed E-state index contributed by atoms with van der Waals surface area (Å²) in [6.45, 7) is 8.32. The smallest absolute Gasteiger partial charge is 0.111 e. The molecule has 0 aromatic rings. The molecule has 2 heteroatoms. The quantitative estimate of drug-likeness (QED) is 0.726. The highest BCUT2D eigenvalue weighted by Crippen LogP contribution is 2.42. The van der Waals surface area contributed by atoms with Crippen molar-refractivity contribution in [2.45, 2.75) is 31.8 Å². The summed E-state index contributed by atoms with van der Waals surface area (Å²) in [7, 11) is 0. The SMILES string of the molecule is C=C1CC(=C)C(C2C=CC(O)=CC2)C(O)/C1=C\C1=CCCC=C1. The minimum absolute atomic E-state index is 0.0273. The Kier molecular flexibility index (Phi) is 4.53. The molecule has 3 rings (SSSR count). The molecular weight excluding hydrogens is 284 g/mol. The van der Waals surface area contributed by atoms with E-state index in [0.717, 1.165) is 48.0 Å². The van der Waals surface area contributed by atoms with E-state index in [0.29, 0.717) is 5.76 Å². The average Bonchev–Trinajstić information content (AvgIpc) is 2.54. The summed E-state index contributed by atoms with van der Waals surface area (Å²) in [5.41, 5.74) is 4.05. The molecule has 3 atom stereocenters. The Bertz CT molecular complexity index is 670. The van der Waals surface area contributed by atoms with E-state index in [9.17, 15) is 10.2 Å². The molecule has 1 fully saturated rings. The van der Waals surface area contributed by atoms with Crippen LogP contribution in [0.4, 0.5) is 0 Å². The van der Waals surface area contributed by atoms with Gasteiger partial charge in [0.2, 0.25) is 0 Å². The van der Waals surface area contributed by atoms with Crippen LogP contribution in [-0.4, -0.2) is 16.3 Å². The number of hydrogen-bond acceptors (Lipinski definition) is 2. The highest BCUT2D eigenvalue weighted by Gasteiger charge is 2.36. The summed E-state index contributed by atoms with van der Waals surface area (Å²) in [6.07, 6.45) is 17.0. The van der Waals surface area contributed by atoms with E-state index in [1.54, 1.807) is 6.08 Å². The molecule has 3 aliphatic rings. The molecule has 2 nitrogen and oxygen atoms in total. The molecule has 120 valence electrons. The van der Waals surface area contributed by atoms with Crippen LogP contribution in [0.3, 0.4) is 0 Å². The molecule has 0 aromatic carbocycles. The fraction of sp³-hybridized carbons (Fsp3) is 0.333. The third-order valence-electron chi connectivity index (χ3n) is 4.90. The Morgan fingerprint density at radius 2 is 1.96 bits per heavy atom. The first-order chi connectivity index (χ1) is 11.1. The predicted molar refractivity (Wildman–Crippen MR) is 94.9 cm³/mol. The van der Waals surface area contributed by atoms with Gasteiger partial charge >= 0.3 is 0 Å². The van der Waals surface area contributed by atoms with E-state index in [-0.39, 0.29) is 11.8 Å². The topological polar surface area (TPSA) is 40.5 Å². The first kappa shape index (κ1) is 15.8. The van der Waals surface area contributed by atoms with Crippen LogP contribution < -0.4 is 0 Å². The third kappa shape index (κ3) is 3.32. The van der Waals surface area contributed by atoms with E-state index in [4.69, 9.17) is 0 Å². The van der Waals surface area contributed by atoms with Crippen molar-refractivity contribution in [3.8, 4) is 0 Å².